The molecule has 256 valence electrons. The lowest BCUT2D eigenvalue weighted by Gasteiger charge is -2.07. The highest BCUT2D eigenvalue weighted by molar-refractivity contribution is 5.69. The fourth-order valence-electron chi connectivity index (χ4n) is 5.97. The van der Waals surface area contributed by atoms with Gasteiger partial charge in [-0.25, -0.2) is 0 Å². The van der Waals surface area contributed by atoms with Gasteiger partial charge in [-0.05, 0) is 38.5 Å². The zero-order chi connectivity index (χ0) is 31.3. The van der Waals surface area contributed by atoms with Crippen molar-refractivity contribution in [2.24, 2.45) is 0 Å². The van der Waals surface area contributed by atoms with Crippen LogP contribution >= 0.6 is 0 Å². The molecule has 0 aromatic rings. The number of aliphatic hydroxyl groups is 1. The largest absolute Gasteiger partial charge is 0.466 e. The van der Waals surface area contributed by atoms with E-state index in [4.69, 9.17) is 4.74 Å². The summed E-state index contributed by atoms with van der Waals surface area (Å²) in [5.41, 5.74) is 0. The third-order valence-electron chi connectivity index (χ3n) is 8.98. The zero-order valence-corrected chi connectivity index (χ0v) is 29.5. The molecule has 0 heterocycles. The van der Waals surface area contributed by atoms with Crippen LogP contribution in [0.4, 0.5) is 0 Å². The Bertz CT molecular complexity index is 558. The zero-order valence-electron chi connectivity index (χ0n) is 29.5. The molecule has 0 saturated heterocycles. The Hall–Kier alpha value is -0.830. The topological polar surface area (TPSA) is 46.5 Å². The summed E-state index contributed by atoms with van der Waals surface area (Å²) < 4.78 is 5.44. The van der Waals surface area contributed by atoms with Crippen molar-refractivity contribution in [1.82, 2.24) is 0 Å². The van der Waals surface area contributed by atoms with Crippen molar-refractivity contribution in [3.63, 3.8) is 0 Å². The molecule has 3 nitrogen and oxygen atoms in total. The number of allylic oxidation sites excluding steroid dienone is 1. The SMILES string of the molecule is CCCCCCCCCCCCCCCCCCCCCC(=O)OCCCCCCCC/C=C\C[C@H](O)CCCCCC. The van der Waals surface area contributed by atoms with Crippen LogP contribution in [0.1, 0.15) is 226 Å². The van der Waals surface area contributed by atoms with Crippen LogP contribution in [-0.4, -0.2) is 23.8 Å². The van der Waals surface area contributed by atoms with Crippen LogP contribution < -0.4 is 0 Å². The predicted molar refractivity (Wildman–Crippen MR) is 190 cm³/mol. The van der Waals surface area contributed by atoms with E-state index in [1.807, 2.05) is 0 Å². The molecule has 0 aliphatic heterocycles. The first-order valence-electron chi connectivity index (χ1n) is 19.7. The summed E-state index contributed by atoms with van der Waals surface area (Å²) in [5, 5.41) is 9.99. The molecule has 0 aliphatic rings. The van der Waals surface area contributed by atoms with E-state index in [2.05, 4.69) is 26.0 Å². The van der Waals surface area contributed by atoms with Gasteiger partial charge in [0.2, 0.25) is 0 Å². The van der Waals surface area contributed by atoms with Gasteiger partial charge in [0.25, 0.3) is 0 Å². The fourth-order valence-corrected chi connectivity index (χ4v) is 5.97. The maximum absolute atomic E-state index is 12.0. The Kier molecular flexibility index (Phi) is 36.6. The molecule has 0 radical (unpaired) electrons. The lowest BCUT2D eigenvalue weighted by atomic mass is 10.0. The van der Waals surface area contributed by atoms with E-state index in [1.54, 1.807) is 0 Å². The molecule has 0 spiro atoms. The minimum atomic E-state index is -0.157. The Balaban J connectivity index is 3.23. The minimum Gasteiger partial charge on any atom is -0.466 e. The molecule has 3 heteroatoms. The van der Waals surface area contributed by atoms with Crippen LogP contribution in [0.15, 0.2) is 12.2 Å². The van der Waals surface area contributed by atoms with E-state index < -0.39 is 0 Å². The van der Waals surface area contributed by atoms with Crippen molar-refractivity contribution < 1.29 is 14.6 Å². The van der Waals surface area contributed by atoms with Crippen LogP contribution in [0.5, 0.6) is 0 Å². The first-order valence-corrected chi connectivity index (χ1v) is 19.7. The van der Waals surface area contributed by atoms with Gasteiger partial charge in [0.15, 0.2) is 0 Å². The summed E-state index contributed by atoms with van der Waals surface area (Å²) in [4.78, 5) is 12.0. The fraction of sp³-hybridized carbons (Fsp3) is 0.925. The third-order valence-corrected chi connectivity index (χ3v) is 8.98. The van der Waals surface area contributed by atoms with Gasteiger partial charge < -0.3 is 9.84 Å². The normalized spacial score (nSPS) is 12.3. The number of ether oxygens (including phenoxy) is 1. The van der Waals surface area contributed by atoms with Gasteiger partial charge in [-0.3, -0.25) is 4.79 Å². The number of carbonyl (C=O) groups is 1. The molecule has 0 aromatic carbocycles. The summed E-state index contributed by atoms with van der Waals surface area (Å²) in [7, 11) is 0. The molecule has 0 aromatic heterocycles. The van der Waals surface area contributed by atoms with E-state index in [9.17, 15) is 9.90 Å². The number of hydrogen-bond donors (Lipinski definition) is 1. The standard InChI is InChI=1S/C40H78O3/c1-3-5-7-9-10-11-12-13-14-15-16-17-18-19-20-23-26-29-33-37-40(42)43-38-34-30-27-24-21-22-25-28-32-36-39(41)35-31-8-6-4-2/h28,32,39,41H,3-27,29-31,33-38H2,1-2H3/b32-28-/t39-/m1/s1. The average molecular weight is 607 g/mol. The highest BCUT2D eigenvalue weighted by Gasteiger charge is 2.03. The monoisotopic (exact) mass is 607 g/mol. The maximum Gasteiger partial charge on any atom is 0.305 e. The van der Waals surface area contributed by atoms with Gasteiger partial charge >= 0.3 is 5.97 Å². The third kappa shape index (κ3) is 37.3. The number of unbranched alkanes of at least 4 members (excludes halogenated alkanes) is 27. The number of esters is 1. The first-order chi connectivity index (χ1) is 21.2. The first kappa shape index (κ1) is 42.2. The number of rotatable bonds is 36. The summed E-state index contributed by atoms with van der Waals surface area (Å²) in [6.45, 7) is 5.11. The van der Waals surface area contributed by atoms with E-state index in [-0.39, 0.29) is 12.1 Å². The molecule has 0 aliphatic carbocycles. The van der Waals surface area contributed by atoms with Crippen LogP contribution in [0.2, 0.25) is 0 Å². The van der Waals surface area contributed by atoms with E-state index in [0.717, 1.165) is 44.9 Å². The highest BCUT2D eigenvalue weighted by atomic mass is 16.5. The van der Waals surface area contributed by atoms with Gasteiger partial charge in [-0.15, -0.1) is 0 Å². The van der Waals surface area contributed by atoms with Crippen molar-refractivity contribution in [2.45, 2.75) is 232 Å². The quantitative estimate of drug-likeness (QED) is 0.0438. The summed E-state index contributed by atoms with van der Waals surface area (Å²) in [6, 6.07) is 0. The second-order valence-electron chi connectivity index (χ2n) is 13.5. The molecule has 0 fully saturated rings. The molecular formula is C40H78O3. The lowest BCUT2D eigenvalue weighted by molar-refractivity contribution is -0.143. The Morgan fingerprint density at radius 3 is 1.40 bits per heavy atom. The van der Waals surface area contributed by atoms with Crippen molar-refractivity contribution >= 4 is 5.97 Å². The van der Waals surface area contributed by atoms with Gasteiger partial charge in [0.05, 0.1) is 12.7 Å². The highest BCUT2D eigenvalue weighted by Crippen LogP contribution is 2.15. The van der Waals surface area contributed by atoms with E-state index in [0.29, 0.717) is 13.0 Å². The van der Waals surface area contributed by atoms with Crippen molar-refractivity contribution in [3.05, 3.63) is 12.2 Å². The van der Waals surface area contributed by atoms with Crippen molar-refractivity contribution in [3.8, 4) is 0 Å². The molecule has 1 atom stereocenters. The summed E-state index contributed by atoms with van der Waals surface area (Å²) in [6.07, 6.45) is 46.0. The molecule has 0 saturated carbocycles. The molecule has 0 unspecified atom stereocenters. The van der Waals surface area contributed by atoms with Crippen LogP contribution in [-0.2, 0) is 9.53 Å². The van der Waals surface area contributed by atoms with Crippen molar-refractivity contribution in [1.29, 1.82) is 0 Å². The molecular weight excluding hydrogens is 528 g/mol. The average Bonchev–Trinajstić information content (AvgIpc) is 3.01. The second-order valence-corrected chi connectivity index (χ2v) is 13.5. The minimum absolute atomic E-state index is 0.00448. The van der Waals surface area contributed by atoms with Gasteiger partial charge in [0.1, 0.15) is 0 Å². The Morgan fingerprint density at radius 1 is 0.512 bits per heavy atom. The molecule has 0 amide bonds. The Labute approximate surface area is 270 Å². The Morgan fingerprint density at radius 2 is 0.907 bits per heavy atom. The van der Waals surface area contributed by atoms with E-state index in [1.165, 1.54) is 161 Å². The smallest absolute Gasteiger partial charge is 0.305 e. The number of aliphatic hydroxyl groups excluding tert-OH is 1. The van der Waals surface area contributed by atoms with Gasteiger partial charge in [0, 0.05) is 6.42 Å². The predicted octanol–water partition coefficient (Wildman–Crippen LogP) is 13.4. The van der Waals surface area contributed by atoms with Crippen molar-refractivity contribution in [2.75, 3.05) is 6.61 Å². The lowest BCUT2D eigenvalue weighted by Crippen LogP contribution is -2.05. The van der Waals surface area contributed by atoms with Crippen LogP contribution in [0, 0.1) is 0 Å². The summed E-state index contributed by atoms with van der Waals surface area (Å²) >= 11 is 0. The van der Waals surface area contributed by atoms with E-state index >= 15 is 0 Å². The van der Waals surface area contributed by atoms with Gasteiger partial charge in [-0.1, -0.05) is 193 Å². The maximum atomic E-state index is 12.0. The summed E-state index contributed by atoms with van der Waals surface area (Å²) in [5.74, 6) is 0.00448. The van der Waals surface area contributed by atoms with Gasteiger partial charge in [-0.2, -0.15) is 0 Å². The van der Waals surface area contributed by atoms with Crippen LogP contribution in [0.3, 0.4) is 0 Å². The number of hydrogen-bond acceptors (Lipinski definition) is 3. The second kappa shape index (κ2) is 37.4. The number of carbonyl (C=O) groups excluding carboxylic acids is 1. The van der Waals surface area contributed by atoms with Crippen LogP contribution in [0.25, 0.3) is 0 Å². The molecule has 1 N–H and O–H groups in total. The molecule has 0 rings (SSSR count). The molecule has 43 heavy (non-hydrogen) atoms. The molecule has 0 bridgehead atoms.